The summed E-state index contributed by atoms with van der Waals surface area (Å²) in [6, 6.07) is 2.11. The lowest BCUT2D eigenvalue weighted by Gasteiger charge is -2.22. The number of hydrogen-bond acceptors (Lipinski definition) is 2. The summed E-state index contributed by atoms with van der Waals surface area (Å²) < 4.78 is 0. The van der Waals surface area contributed by atoms with Crippen molar-refractivity contribution in [3.8, 4) is 0 Å². The van der Waals surface area contributed by atoms with Gasteiger partial charge in [-0.05, 0) is 17.0 Å². The van der Waals surface area contributed by atoms with E-state index >= 15 is 0 Å². The lowest BCUT2D eigenvalue weighted by Crippen LogP contribution is -2.14. The average molecular weight is 202 g/mol. The highest BCUT2D eigenvalue weighted by atomic mass is 15.1. The van der Waals surface area contributed by atoms with Crippen molar-refractivity contribution in [2.45, 2.75) is 32.7 Å². The molecule has 1 aromatic heterocycles. The Hall–Kier alpha value is -1.31. The first-order valence-electron chi connectivity index (χ1n) is 5.30. The second-order valence-electron chi connectivity index (χ2n) is 5.23. The maximum absolute atomic E-state index is 4.43. The van der Waals surface area contributed by atoms with E-state index < -0.39 is 0 Å². The van der Waals surface area contributed by atoms with Crippen molar-refractivity contribution in [1.29, 1.82) is 0 Å². The predicted molar refractivity (Wildman–Crippen MR) is 63.4 cm³/mol. The highest BCUT2D eigenvalue weighted by molar-refractivity contribution is 5.71. The molecular formula is C13H18N2. The van der Waals surface area contributed by atoms with Gasteiger partial charge in [0.05, 0.1) is 12.2 Å². The highest BCUT2D eigenvalue weighted by Crippen LogP contribution is 2.36. The van der Waals surface area contributed by atoms with Crippen LogP contribution in [0.4, 0.5) is 0 Å². The number of nitrogens with zero attached hydrogens (tertiary/aromatic N) is 2. The van der Waals surface area contributed by atoms with E-state index in [1.807, 2.05) is 6.20 Å². The molecule has 15 heavy (non-hydrogen) atoms. The molecule has 0 aliphatic carbocycles. The van der Waals surface area contributed by atoms with Gasteiger partial charge in [0.25, 0.3) is 0 Å². The predicted octanol–water partition coefficient (Wildman–Crippen LogP) is 2.80. The van der Waals surface area contributed by atoms with Crippen molar-refractivity contribution in [3.63, 3.8) is 0 Å². The van der Waals surface area contributed by atoms with E-state index in [0.29, 0.717) is 0 Å². The topological polar surface area (TPSA) is 16.1 Å². The molecule has 0 atom stereocenters. The molecule has 0 saturated carbocycles. The molecule has 0 aromatic carbocycles. The lowest BCUT2D eigenvalue weighted by molar-refractivity contribution is 0.496. The third-order valence-corrected chi connectivity index (χ3v) is 2.97. The quantitative estimate of drug-likeness (QED) is 0.643. The molecule has 0 bridgehead atoms. The molecule has 0 amide bonds. The summed E-state index contributed by atoms with van der Waals surface area (Å²) in [5, 5.41) is 0. The van der Waals surface area contributed by atoms with Crippen LogP contribution in [-0.2, 0) is 12.0 Å². The van der Waals surface area contributed by atoms with Gasteiger partial charge >= 0.3 is 0 Å². The number of hydrogen-bond donors (Lipinski definition) is 0. The molecule has 2 nitrogen and oxygen atoms in total. The van der Waals surface area contributed by atoms with E-state index in [1.54, 1.807) is 0 Å². The van der Waals surface area contributed by atoms with Crippen LogP contribution in [-0.4, -0.2) is 16.9 Å². The Morgan fingerprint density at radius 3 is 2.67 bits per heavy atom. The van der Waals surface area contributed by atoms with Gasteiger partial charge in [-0.1, -0.05) is 27.4 Å². The van der Waals surface area contributed by atoms with E-state index in [9.17, 15) is 0 Å². The van der Waals surface area contributed by atoms with E-state index in [2.05, 4.69) is 50.3 Å². The highest BCUT2D eigenvalue weighted by Gasteiger charge is 2.28. The Morgan fingerprint density at radius 2 is 2.07 bits per heavy atom. The third kappa shape index (κ3) is 1.54. The zero-order chi connectivity index (χ0) is 11.2. The summed E-state index contributed by atoms with van der Waals surface area (Å²) in [6.45, 7) is 11.7. The van der Waals surface area contributed by atoms with Gasteiger partial charge in [0.15, 0.2) is 0 Å². The molecule has 2 heterocycles. The van der Waals surface area contributed by atoms with Crippen molar-refractivity contribution in [1.82, 2.24) is 9.88 Å². The second kappa shape index (κ2) is 3.09. The molecule has 1 aliphatic heterocycles. The fourth-order valence-electron chi connectivity index (χ4n) is 2.08. The SMILES string of the molecule is C=C1c2c(C(C)(C)C)ccnc2CN1C. The zero-order valence-corrected chi connectivity index (χ0v) is 9.96. The van der Waals surface area contributed by atoms with Gasteiger partial charge in [-0.2, -0.15) is 0 Å². The van der Waals surface area contributed by atoms with Gasteiger partial charge in [0.1, 0.15) is 0 Å². The molecule has 2 rings (SSSR count). The van der Waals surface area contributed by atoms with Crippen LogP contribution in [0.5, 0.6) is 0 Å². The van der Waals surface area contributed by atoms with Gasteiger partial charge in [-0.25, -0.2) is 0 Å². The molecule has 0 spiro atoms. The molecular weight excluding hydrogens is 184 g/mol. The molecule has 0 unspecified atom stereocenters. The van der Waals surface area contributed by atoms with Gasteiger partial charge in [-0.15, -0.1) is 0 Å². The fourth-order valence-corrected chi connectivity index (χ4v) is 2.08. The number of aromatic nitrogens is 1. The van der Waals surface area contributed by atoms with Gasteiger partial charge in [0.2, 0.25) is 0 Å². The number of pyridine rings is 1. The van der Waals surface area contributed by atoms with Crippen LogP contribution in [0.2, 0.25) is 0 Å². The zero-order valence-electron chi connectivity index (χ0n) is 9.96. The van der Waals surface area contributed by atoms with Crippen LogP contribution >= 0.6 is 0 Å². The smallest absolute Gasteiger partial charge is 0.0692 e. The van der Waals surface area contributed by atoms with Crippen LogP contribution in [0, 0.1) is 0 Å². The molecule has 0 N–H and O–H groups in total. The van der Waals surface area contributed by atoms with E-state index in [1.165, 1.54) is 11.1 Å². The van der Waals surface area contributed by atoms with E-state index in [-0.39, 0.29) is 5.41 Å². The minimum Gasteiger partial charge on any atom is -0.369 e. The summed E-state index contributed by atoms with van der Waals surface area (Å²) in [7, 11) is 2.07. The number of fused-ring (bicyclic) bond motifs is 1. The monoisotopic (exact) mass is 202 g/mol. The van der Waals surface area contributed by atoms with Crippen molar-refractivity contribution in [2.75, 3.05) is 7.05 Å². The first kappa shape index (κ1) is 10.2. The second-order valence-corrected chi connectivity index (χ2v) is 5.23. The summed E-state index contributed by atoms with van der Waals surface area (Å²) in [6.07, 6.45) is 1.91. The van der Waals surface area contributed by atoms with Crippen molar-refractivity contribution < 1.29 is 0 Å². The third-order valence-electron chi connectivity index (χ3n) is 2.97. The molecule has 1 aromatic rings. The Labute approximate surface area is 91.6 Å². The van der Waals surface area contributed by atoms with Crippen molar-refractivity contribution in [3.05, 3.63) is 35.7 Å². The normalized spacial score (nSPS) is 15.7. The first-order chi connectivity index (χ1) is 6.91. The van der Waals surface area contributed by atoms with Crippen LogP contribution in [0.3, 0.4) is 0 Å². The van der Waals surface area contributed by atoms with E-state index in [4.69, 9.17) is 0 Å². The number of rotatable bonds is 0. The molecule has 0 fully saturated rings. The summed E-state index contributed by atoms with van der Waals surface area (Å²) in [4.78, 5) is 6.59. The summed E-state index contributed by atoms with van der Waals surface area (Å²) in [5.41, 5.74) is 5.02. The maximum Gasteiger partial charge on any atom is 0.0692 e. The van der Waals surface area contributed by atoms with Crippen LogP contribution in [0.15, 0.2) is 18.8 Å². The first-order valence-corrected chi connectivity index (χ1v) is 5.30. The summed E-state index contributed by atoms with van der Waals surface area (Å²) in [5.74, 6) is 0. The minimum absolute atomic E-state index is 0.154. The van der Waals surface area contributed by atoms with Crippen LogP contribution in [0.1, 0.15) is 37.6 Å². The van der Waals surface area contributed by atoms with Crippen LogP contribution in [0.25, 0.3) is 5.70 Å². The maximum atomic E-state index is 4.43. The summed E-state index contributed by atoms with van der Waals surface area (Å²) >= 11 is 0. The average Bonchev–Trinajstić information content (AvgIpc) is 2.41. The van der Waals surface area contributed by atoms with Crippen molar-refractivity contribution >= 4 is 5.70 Å². The Bertz CT molecular complexity index is 413. The Morgan fingerprint density at radius 1 is 1.40 bits per heavy atom. The van der Waals surface area contributed by atoms with Crippen molar-refractivity contribution in [2.24, 2.45) is 0 Å². The molecule has 0 saturated heterocycles. The van der Waals surface area contributed by atoms with Gasteiger partial charge in [0, 0.05) is 24.5 Å². The Balaban J connectivity index is 2.63. The van der Waals surface area contributed by atoms with E-state index in [0.717, 1.165) is 17.9 Å². The fraction of sp³-hybridized carbons (Fsp3) is 0.462. The molecule has 80 valence electrons. The van der Waals surface area contributed by atoms with Gasteiger partial charge < -0.3 is 4.90 Å². The minimum atomic E-state index is 0.154. The Kier molecular flexibility index (Phi) is 2.10. The van der Waals surface area contributed by atoms with Crippen LogP contribution < -0.4 is 0 Å². The standard InChI is InChI=1S/C13H18N2/c1-9-12-10(13(2,3)4)6-7-14-11(12)8-15(9)5/h6-7H,1,8H2,2-5H3. The lowest BCUT2D eigenvalue weighted by atomic mass is 9.83. The molecule has 1 aliphatic rings. The molecule has 2 heteroatoms. The molecule has 0 radical (unpaired) electrons. The largest absolute Gasteiger partial charge is 0.369 e. The van der Waals surface area contributed by atoms with Gasteiger partial charge in [-0.3, -0.25) is 4.98 Å².